The van der Waals surface area contributed by atoms with Crippen molar-refractivity contribution in [3.8, 4) is 0 Å². The van der Waals surface area contributed by atoms with Crippen LogP contribution in [0.5, 0.6) is 0 Å². The SMILES string of the molecule is C=CC/C=C(C=CCC)/C(Br)=C(/CC(=O)Nc1ncccn1)NC(=O)C1CCCCCC1. The van der Waals surface area contributed by atoms with E-state index in [0.717, 1.165) is 37.7 Å². The van der Waals surface area contributed by atoms with Gasteiger partial charge in [-0.15, -0.1) is 6.58 Å². The lowest BCUT2D eigenvalue weighted by molar-refractivity contribution is -0.124. The Morgan fingerprint density at radius 2 is 1.88 bits per heavy atom. The Balaban J connectivity index is 2.29. The van der Waals surface area contributed by atoms with Gasteiger partial charge >= 0.3 is 0 Å². The molecule has 1 heterocycles. The number of nitrogens with zero attached hydrogens (tertiary/aromatic N) is 2. The van der Waals surface area contributed by atoms with Gasteiger partial charge in [-0.3, -0.25) is 14.9 Å². The second-order valence-electron chi connectivity index (χ2n) is 7.76. The van der Waals surface area contributed by atoms with E-state index in [1.54, 1.807) is 18.5 Å². The second-order valence-corrected chi connectivity index (χ2v) is 8.56. The fraction of sp³-hybridized carbons (Fsp3) is 0.440. The molecular weight excluding hydrogens is 468 g/mol. The fourth-order valence-corrected chi connectivity index (χ4v) is 4.06. The molecule has 1 saturated carbocycles. The molecule has 0 atom stereocenters. The summed E-state index contributed by atoms with van der Waals surface area (Å²) in [6, 6.07) is 1.68. The normalized spacial score (nSPS) is 16.2. The van der Waals surface area contributed by atoms with E-state index in [0.29, 0.717) is 16.6 Å². The summed E-state index contributed by atoms with van der Waals surface area (Å²) in [6.07, 6.45) is 18.8. The fourth-order valence-electron chi connectivity index (χ4n) is 3.52. The van der Waals surface area contributed by atoms with Crippen molar-refractivity contribution in [3.63, 3.8) is 0 Å². The molecule has 0 saturated heterocycles. The van der Waals surface area contributed by atoms with E-state index in [4.69, 9.17) is 0 Å². The summed E-state index contributed by atoms with van der Waals surface area (Å²) < 4.78 is 0.690. The number of halogens is 1. The lowest BCUT2D eigenvalue weighted by Gasteiger charge is -2.18. The molecule has 2 amide bonds. The van der Waals surface area contributed by atoms with Gasteiger partial charge in [0.15, 0.2) is 0 Å². The van der Waals surface area contributed by atoms with Crippen LogP contribution in [0.3, 0.4) is 0 Å². The predicted molar refractivity (Wildman–Crippen MR) is 133 cm³/mol. The number of anilines is 1. The largest absolute Gasteiger partial charge is 0.328 e. The van der Waals surface area contributed by atoms with Crippen molar-refractivity contribution in [3.05, 3.63) is 65.1 Å². The van der Waals surface area contributed by atoms with E-state index in [1.165, 1.54) is 12.8 Å². The van der Waals surface area contributed by atoms with Gasteiger partial charge in [-0.05, 0) is 53.3 Å². The van der Waals surface area contributed by atoms with Gasteiger partial charge in [0.1, 0.15) is 0 Å². The zero-order valence-electron chi connectivity index (χ0n) is 18.8. The summed E-state index contributed by atoms with van der Waals surface area (Å²) in [5.74, 6) is -0.117. The highest BCUT2D eigenvalue weighted by molar-refractivity contribution is 9.12. The Bertz CT molecular complexity index is 854. The summed E-state index contributed by atoms with van der Waals surface area (Å²) in [5.41, 5.74) is 1.43. The zero-order valence-corrected chi connectivity index (χ0v) is 20.4. The number of hydrogen-bond acceptors (Lipinski definition) is 4. The smallest absolute Gasteiger partial charge is 0.232 e. The molecule has 0 aliphatic heterocycles. The third-order valence-electron chi connectivity index (χ3n) is 5.21. The first-order valence-electron chi connectivity index (χ1n) is 11.3. The van der Waals surface area contributed by atoms with Gasteiger partial charge in [-0.1, -0.05) is 56.9 Å². The van der Waals surface area contributed by atoms with Crippen LogP contribution in [-0.4, -0.2) is 21.8 Å². The monoisotopic (exact) mass is 500 g/mol. The van der Waals surface area contributed by atoms with Crippen molar-refractivity contribution < 1.29 is 9.59 Å². The lowest BCUT2D eigenvalue weighted by atomic mass is 9.99. The van der Waals surface area contributed by atoms with Crippen LogP contribution in [-0.2, 0) is 9.59 Å². The molecule has 2 N–H and O–H groups in total. The Labute approximate surface area is 199 Å². The molecule has 2 rings (SSSR count). The Kier molecular flexibility index (Phi) is 11.7. The lowest BCUT2D eigenvalue weighted by Crippen LogP contribution is -2.32. The summed E-state index contributed by atoms with van der Waals surface area (Å²) in [7, 11) is 0. The Morgan fingerprint density at radius 1 is 1.19 bits per heavy atom. The van der Waals surface area contributed by atoms with Crippen LogP contribution in [0.25, 0.3) is 0 Å². The average Bonchev–Trinajstić information content (AvgIpc) is 3.09. The molecule has 0 spiro atoms. The van der Waals surface area contributed by atoms with Gasteiger partial charge in [0.2, 0.25) is 17.8 Å². The third kappa shape index (κ3) is 8.91. The van der Waals surface area contributed by atoms with Gasteiger partial charge in [-0.2, -0.15) is 0 Å². The highest BCUT2D eigenvalue weighted by Gasteiger charge is 2.23. The van der Waals surface area contributed by atoms with E-state index in [-0.39, 0.29) is 30.1 Å². The number of carbonyl (C=O) groups excluding carboxylic acids is 2. The van der Waals surface area contributed by atoms with Gasteiger partial charge in [0.25, 0.3) is 0 Å². The molecule has 32 heavy (non-hydrogen) atoms. The maximum absolute atomic E-state index is 13.1. The third-order valence-corrected chi connectivity index (χ3v) is 6.15. The van der Waals surface area contributed by atoms with Crippen LogP contribution in [0, 0.1) is 5.92 Å². The van der Waals surface area contributed by atoms with Crippen LogP contribution < -0.4 is 10.6 Å². The number of rotatable bonds is 10. The molecule has 1 fully saturated rings. The molecule has 1 aromatic rings. The first-order valence-corrected chi connectivity index (χ1v) is 12.1. The van der Waals surface area contributed by atoms with E-state index in [9.17, 15) is 9.59 Å². The van der Waals surface area contributed by atoms with Gasteiger partial charge in [-0.25, -0.2) is 9.97 Å². The zero-order chi connectivity index (χ0) is 23.2. The van der Waals surface area contributed by atoms with Gasteiger partial charge in [0.05, 0.1) is 6.42 Å². The van der Waals surface area contributed by atoms with Crippen molar-refractivity contribution >= 4 is 33.7 Å². The first-order chi connectivity index (χ1) is 15.5. The summed E-state index contributed by atoms with van der Waals surface area (Å²) >= 11 is 3.65. The minimum atomic E-state index is -0.299. The highest BCUT2D eigenvalue weighted by Crippen LogP contribution is 2.27. The molecule has 6 nitrogen and oxygen atoms in total. The molecule has 0 aromatic carbocycles. The van der Waals surface area contributed by atoms with E-state index in [2.05, 4.69) is 50.0 Å². The van der Waals surface area contributed by atoms with Crippen LogP contribution >= 0.6 is 15.9 Å². The molecule has 1 aliphatic rings. The Morgan fingerprint density at radius 3 is 2.50 bits per heavy atom. The summed E-state index contributed by atoms with van der Waals surface area (Å²) in [4.78, 5) is 33.9. The number of carbonyl (C=O) groups is 2. The predicted octanol–water partition coefficient (Wildman–Crippen LogP) is 5.97. The topological polar surface area (TPSA) is 84.0 Å². The van der Waals surface area contributed by atoms with Crippen LogP contribution in [0.1, 0.15) is 64.7 Å². The van der Waals surface area contributed by atoms with Crippen molar-refractivity contribution in [1.82, 2.24) is 15.3 Å². The van der Waals surface area contributed by atoms with Crippen LogP contribution in [0.15, 0.2) is 65.1 Å². The molecule has 1 aliphatic carbocycles. The number of aromatic nitrogens is 2. The van der Waals surface area contributed by atoms with Gasteiger partial charge < -0.3 is 5.32 Å². The molecule has 172 valence electrons. The second kappa shape index (κ2) is 14.5. The quantitative estimate of drug-likeness (QED) is 0.235. The molecule has 7 heteroatoms. The van der Waals surface area contributed by atoms with Gasteiger partial charge in [0, 0.05) is 28.5 Å². The maximum atomic E-state index is 13.1. The number of amides is 2. The van der Waals surface area contributed by atoms with Crippen molar-refractivity contribution in [2.45, 2.75) is 64.7 Å². The van der Waals surface area contributed by atoms with Crippen molar-refractivity contribution in [2.75, 3.05) is 5.32 Å². The summed E-state index contributed by atoms with van der Waals surface area (Å²) in [6.45, 7) is 5.84. The molecule has 0 radical (unpaired) electrons. The maximum Gasteiger partial charge on any atom is 0.232 e. The molecule has 1 aromatic heterocycles. The van der Waals surface area contributed by atoms with Crippen LogP contribution in [0.2, 0.25) is 0 Å². The average molecular weight is 501 g/mol. The van der Waals surface area contributed by atoms with E-state index in [1.807, 2.05) is 24.3 Å². The van der Waals surface area contributed by atoms with Crippen molar-refractivity contribution in [2.24, 2.45) is 5.92 Å². The minimum Gasteiger partial charge on any atom is -0.328 e. The van der Waals surface area contributed by atoms with E-state index >= 15 is 0 Å². The standard InChI is InChI=1S/C25H33BrN4O2/c1-3-5-12-19(13-6-4-2)23(26)21(18-22(31)30-25-27-16-11-17-28-25)29-24(32)20-14-9-7-8-10-15-20/h3,6,11-13,16-17,20H,1,4-5,7-10,14-15,18H2,2H3,(H,29,32)(H,27,28,30,31)/b13-6?,19-12+,23-21+. The van der Waals surface area contributed by atoms with Crippen LogP contribution in [0.4, 0.5) is 5.95 Å². The Hall–Kier alpha value is -2.54. The number of nitrogens with one attached hydrogen (secondary N) is 2. The first kappa shape index (κ1) is 25.7. The number of hydrogen-bond donors (Lipinski definition) is 2. The number of allylic oxidation sites excluding steroid dienone is 6. The molecular formula is C25H33BrN4O2. The van der Waals surface area contributed by atoms with Crippen molar-refractivity contribution in [1.29, 1.82) is 0 Å². The molecule has 0 unspecified atom stereocenters. The van der Waals surface area contributed by atoms with E-state index < -0.39 is 0 Å². The summed E-state index contributed by atoms with van der Waals surface area (Å²) in [5, 5.41) is 5.75. The highest BCUT2D eigenvalue weighted by atomic mass is 79.9. The minimum absolute atomic E-state index is 0.0112. The molecule has 0 bridgehead atoms.